The van der Waals surface area contributed by atoms with Gasteiger partial charge in [0, 0.05) is 22.8 Å². The Kier molecular flexibility index (Phi) is 4.67. The Morgan fingerprint density at radius 1 is 1.12 bits per heavy atom. The molecule has 0 saturated carbocycles. The van der Waals surface area contributed by atoms with Crippen molar-refractivity contribution in [2.75, 3.05) is 5.32 Å². The van der Waals surface area contributed by atoms with Gasteiger partial charge in [-0.3, -0.25) is 9.48 Å². The average molecular weight is 340 g/mol. The summed E-state index contributed by atoms with van der Waals surface area (Å²) in [5.74, 6) is 0.387. The monoisotopic (exact) mass is 339 g/mol. The summed E-state index contributed by atoms with van der Waals surface area (Å²) in [4.78, 5) is 12.4. The van der Waals surface area contributed by atoms with Crippen LogP contribution in [-0.4, -0.2) is 15.7 Å². The van der Waals surface area contributed by atoms with Crippen LogP contribution in [0.25, 0.3) is 0 Å². The maximum atomic E-state index is 12.4. The van der Waals surface area contributed by atoms with Crippen LogP contribution in [0, 0.1) is 13.8 Å². The van der Waals surface area contributed by atoms with Crippen molar-refractivity contribution < 1.29 is 4.79 Å². The highest BCUT2D eigenvalue weighted by atomic mass is 35.5. The van der Waals surface area contributed by atoms with E-state index in [4.69, 9.17) is 11.6 Å². The fraction of sp³-hybridized carbons (Fsp3) is 0.158. The number of carbonyl (C=O) groups is 1. The Morgan fingerprint density at radius 2 is 1.88 bits per heavy atom. The number of amides is 1. The van der Waals surface area contributed by atoms with E-state index in [2.05, 4.69) is 10.4 Å². The Morgan fingerprint density at radius 3 is 2.58 bits per heavy atom. The van der Waals surface area contributed by atoms with Crippen molar-refractivity contribution in [2.24, 2.45) is 0 Å². The number of aromatic nitrogens is 2. The molecule has 0 aliphatic heterocycles. The molecule has 0 fully saturated rings. The molecule has 1 aromatic heterocycles. The Hall–Kier alpha value is -2.59. The highest BCUT2D eigenvalue weighted by Gasteiger charge is 2.10. The maximum Gasteiger partial charge on any atom is 0.257 e. The van der Waals surface area contributed by atoms with Gasteiger partial charge in [-0.1, -0.05) is 41.4 Å². The van der Waals surface area contributed by atoms with Crippen molar-refractivity contribution in [3.63, 3.8) is 0 Å². The lowest BCUT2D eigenvalue weighted by molar-refractivity contribution is 0.102. The number of nitrogens with one attached hydrogen (secondary N) is 1. The molecule has 1 N–H and O–H groups in total. The zero-order valence-electron chi connectivity index (χ0n) is 13.6. The topological polar surface area (TPSA) is 46.9 Å². The molecule has 122 valence electrons. The molecule has 1 amide bonds. The third kappa shape index (κ3) is 3.84. The Balaban J connectivity index is 1.69. The summed E-state index contributed by atoms with van der Waals surface area (Å²) in [5.41, 5.74) is 3.84. The van der Waals surface area contributed by atoms with Gasteiger partial charge < -0.3 is 5.32 Å². The highest BCUT2D eigenvalue weighted by molar-refractivity contribution is 6.30. The van der Waals surface area contributed by atoms with Gasteiger partial charge in [-0.05, 0) is 43.2 Å². The minimum Gasteiger partial charge on any atom is -0.305 e. The fourth-order valence-corrected chi connectivity index (χ4v) is 2.67. The molecule has 0 spiro atoms. The van der Waals surface area contributed by atoms with Gasteiger partial charge >= 0.3 is 0 Å². The van der Waals surface area contributed by atoms with Gasteiger partial charge in [0.1, 0.15) is 0 Å². The van der Waals surface area contributed by atoms with Crippen LogP contribution in [0.2, 0.25) is 5.02 Å². The lowest BCUT2D eigenvalue weighted by Gasteiger charge is -2.06. The van der Waals surface area contributed by atoms with Crippen LogP contribution in [0.4, 0.5) is 5.82 Å². The van der Waals surface area contributed by atoms with Crippen molar-refractivity contribution in [3.05, 3.63) is 82.0 Å². The van der Waals surface area contributed by atoms with Crippen molar-refractivity contribution in [1.29, 1.82) is 0 Å². The molecule has 0 aliphatic rings. The molecule has 1 heterocycles. The Bertz CT molecular complexity index is 869. The molecule has 3 aromatic rings. The first kappa shape index (κ1) is 16.3. The van der Waals surface area contributed by atoms with Gasteiger partial charge in [-0.15, -0.1) is 0 Å². The second-order valence-electron chi connectivity index (χ2n) is 5.80. The first-order valence-electron chi connectivity index (χ1n) is 7.68. The van der Waals surface area contributed by atoms with Gasteiger partial charge in [-0.2, -0.15) is 5.10 Å². The summed E-state index contributed by atoms with van der Waals surface area (Å²) in [6, 6.07) is 15.2. The number of carbonyl (C=O) groups excluding carboxylic acids is 1. The summed E-state index contributed by atoms with van der Waals surface area (Å²) in [7, 11) is 0. The fourth-order valence-electron chi connectivity index (χ4n) is 2.55. The molecule has 0 aliphatic carbocycles. The van der Waals surface area contributed by atoms with Gasteiger partial charge in [0.2, 0.25) is 0 Å². The molecule has 5 heteroatoms. The molecule has 3 rings (SSSR count). The lowest BCUT2D eigenvalue weighted by atomic mass is 10.1. The number of aryl methyl sites for hydroxylation is 2. The Labute approximate surface area is 146 Å². The SMILES string of the molecule is Cc1ccc(C(=O)Nc2ccn(Cc3ccc(Cl)cc3)n2)c(C)c1. The second kappa shape index (κ2) is 6.89. The van der Waals surface area contributed by atoms with E-state index in [1.807, 2.05) is 62.5 Å². The summed E-state index contributed by atoms with van der Waals surface area (Å²) >= 11 is 5.89. The number of hydrogen-bond acceptors (Lipinski definition) is 2. The molecule has 0 unspecified atom stereocenters. The van der Waals surface area contributed by atoms with Gasteiger partial charge in [0.15, 0.2) is 5.82 Å². The molecule has 0 radical (unpaired) electrons. The van der Waals surface area contributed by atoms with E-state index in [0.717, 1.165) is 16.7 Å². The zero-order valence-corrected chi connectivity index (χ0v) is 14.3. The third-order valence-electron chi connectivity index (χ3n) is 3.77. The zero-order chi connectivity index (χ0) is 17.1. The van der Waals surface area contributed by atoms with Crippen LogP contribution in [0.1, 0.15) is 27.0 Å². The highest BCUT2D eigenvalue weighted by Crippen LogP contribution is 2.14. The molecular formula is C19H18ClN3O. The number of anilines is 1. The number of nitrogens with zero attached hydrogens (tertiary/aromatic N) is 2. The number of benzene rings is 2. The van der Waals surface area contributed by atoms with Crippen LogP contribution in [0.5, 0.6) is 0 Å². The van der Waals surface area contributed by atoms with Crippen LogP contribution in [-0.2, 0) is 6.54 Å². The molecule has 4 nitrogen and oxygen atoms in total. The van der Waals surface area contributed by atoms with Crippen molar-refractivity contribution in [3.8, 4) is 0 Å². The van der Waals surface area contributed by atoms with E-state index in [9.17, 15) is 4.79 Å². The molecule has 0 saturated heterocycles. The predicted molar refractivity (Wildman–Crippen MR) is 96.7 cm³/mol. The minimum absolute atomic E-state index is 0.149. The molecular weight excluding hydrogens is 322 g/mol. The summed E-state index contributed by atoms with van der Waals surface area (Å²) in [6.45, 7) is 4.56. The van der Waals surface area contributed by atoms with E-state index in [-0.39, 0.29) is 5.91 Å². The van der Waals surface area contributed by atoms with E-state index >= 15 is 0 Å². The van der Waals surface area contributed by atoms with Gasteiger partial charge in [-0.25, -0.2) is 0 Å². The summed E-state index contributed by atoms with van der Waals surface area (Å²) in [5, 5.41) is 7.94. The largest absolute Gasteiger partial charge is 0.305 e. The van der Waals surface area contributed by atoms with E-state index in [0.29, 0.717) is 22.9 Å². The second-order valence-corrected chi connectivity index (χ2v) is 6.23. The van der Waals surface area contributed by atoms with E-state index < -0.39 is 0 Å². The lowest BCUT2D eigenvalue weighted by Crippen LogP contribution is -2.14. The number of halogens is 1. The third-order valence-corrected chi connectivity index (χ3v) is 4.02. The van der Waals surface area contributed by atoms with Crippen molar-refractivity contribution >= 4 is 23.3 Å². The quantitative estimate of drug-likeness (QED) is 0.763. The van der Waals surface area contributed by atoms with Crippen LogP contribution in [0.15, 0.2) is 54.7 Å². The van der Waals surface area contributed by atoms with Crippen molar-refractivity contribution in [1.82, 2.24) is 9.78 Å². The first-order chi connectivity index (χ1) is 11.5. The van der Waals surface area contributed by atoms with Gasteiger partial charge in [0.25, 0.3) is 5.91 Å². The maximum absolute atomic E-state index is 12.4. The molecule has 0 atom stereocenters. The average Bonchev–Trinajstić information content (AvgIpc) is 2.96. The smallest absolute Gasteiger partial charge is 0.257 e. The predicted octanol–water partition coefficient (Wildman–Crippen LogP) is 4.45. The van der Waals surface area contributed by atoms with Crippen LogP contribution < -0.4 is 5.32 Å². The van der Waals surface area contributed by atoms with Crippen molar-refractivity contribution in [2.45, 2.75) is 20.4 Å². The molecule has 2 aromatic carbocycles. The van der Waals surface area contributed by atoms with Crippen LogP contribution in [0.3, 0.4) is 0 Å². The van der Waals surface area contributed by atoms with E-state index in [1.54, 1.807) is 10.7 Å². The van der Waals surface area contributed by atoms with Crippen LogP contribution >= 0.6 is 11.6 Å². The summed E-state index contributed by atoms with van der Waals surface area (Å²) in [6.07, 6.45) is 1.84. The number of rotatable bonds is 4. The standard InChI is InChI=1S/C19H18ClN3O/c1-13-3-8-17(14(2)11-13)19(24)21-18-9-10-23(22-18)12-15-4-6-16(20)7-5-15/h3-11H,12H2,1-2H3,(H,21,22,24). The normalized spacial score (nSPS) is 10.6. The minimum atomic E-state index is -0.149. The molecule has 0 bridgehead atoms. The number of hydrogen-bond donors (Lipinski definition) is 1. The van der Waals surface area contributed by atoms with Gasteiger partial charge in [0.05, 0.1) is 6.54 Å². The summed E-state index contributed by atoms with van der Waals surface area (Å²) < 4.78 is 1.78. The molecule has 24 heavy (non-hydrogen) atoms. The first-order valence-corrected chi connectivity index (χ1v) is 8.05. The van der Waals surface area contributed by atoms with E-state index in [1.165, 1.54) is 0 Å².